The van der Waals surface area contributed by atoms with Crippen LogP contribution in [0.1, 0.15) is 18.4 Å². The Morgan fingerprint density at radius 1 is 1.19 bits per heavy atom. The summed E-state index contributed by atoms with van der Waals surface area (Å²) in [6, 6.07) is 16.2. The maximum Gasteiger partial charge on any atom is 0.272 e. The molecule has 170 valence electrons. The number of anilines is 2. The highest BCUT2D eigenvalue weighted by Gasteiger charge is 2.27. The Bertz CT molecular complexity index is 1170. The molecule has 0 atom stereocenters. The van der Waals surface area contributed by atoms with Crippen LogP contribution in [-0.4, -0.2) is 44.5 Å². The van der Waals surface area contributed by atoms with E-state index in [2.05, 4.69) is 43.8 Å². The second kappa shape index (κ2) is 9.74. The van der Waals surface area contributed by atoms with Gasteiger partial charge in [-0.1, -0.05) is 48.0 Å². The topological polar surface area (TPSA) is 65.5 Å². The van der Waals surface area contributed by atoms with Crippen molar-refractivity contribution in [3.63, 3.8) is 0 Å². The van der Waals surface area contributed by atoms with Gasteiger partial charge >= 0.3 is 0 Å². The summed E-state index contributed by atoms with van der Waals surface area (Å²) in [5.74, 6) is -0.830. The third-order valence-corrected chi connectivity index (χ3v) is 8.77. The summed E-state index contributed by atoms with van der Waals surface area (Å²) in [5.41, 5.74) is 1.99. The average Bonchev–Trinajstić information content (AvgIpc) is 3.17. The van der Waals surface area contributed by atoms with Gasteiger partial charge < -0.3 is 4.90 Å². The van der Waals surface area contributed by atoms with Crippen molar-refractivity contribution in [2.45, 2.75) is 29.6 Å². The van der Waals surface area contributed by atoms with Crippen molar-refractivity contribution in [3.8, 4) is 0 Å². The van der Waals surface area contributed by atoms with Crippen LogP contribution in [0.4, 0.5) is 15.9 Å². The Morgan fingerprint density at radius 2 is 1.91 bits per heavy atom. The van der Waals surface area contributed by atoms with E-state index in [1.54, 1.807) is 6.07 Å². The van der Waals surface area contributed by atoms with E-state index in [1.165, 1.54) is 17.7 Å². The van der Waals surface area contributed by atoms with Crippen molar-refractivity contribution in [2.24, 2.45) is 0 Å². The zero-order valence-corrected chi connectivity index (χ0v) is 19.9. The summed E-state index contributed by atoms with van der Waals surface area (Å²) in [4.78, 5) is 8.06. The molecule has 1 aliphatic heterocycles. The van der Waals surface area contributed by atoms with E-state index in [0.717, 1.165) is 49.9 Å². The molecule has 32 heavy (non-hydrogen) atoms. The molecule has 1 aromatic carbocycles. The smallest absolute Gasteiger partial charge is 0.272 e. The lowest BCUT2D eigenvalue weighted by Crippen LogP contribution is -2.43. The lowest BCUT2D eigenvalue weighted by molar-refractivity contribution is 0.203. The molecule has 1 saturated heterocycles. The van der Waals surface area contributed by atoms with Crippen LogP contribution < -0.4 is 9.62 Å². The van der Waals surface area contributed by atoms with E-state index in [1.807, 2.05) is 13.1 Å². The van der Waals surface area contributed by atoms with Gasteiger partial charge in [0.15, 0.2) is 0 Å². The quantitative estimate of drug-likeness (QED) is 0.476. The predicted molar refractivity (Wildman–Crippen MR) is 127 cm³/mol. The van der Waals surface area contributed by atoms with Crippen LogP contribution in [0.25, 0.3) is 0 Å². The van der Waals surface area contributed by atoms with Gasteiger partial charge in [0.25, 0.3) is 10.0 Å². The Morgan fingerprint density at radius 3 is 2.59 bits per heavy atom. The number of sulfonamides is 1. The number of thiophene rings is 1. The molecule has 0 spiro atoms. The number of benzene rings is 1. The fraction of sp³-hybridized carbons (Fsp3) is 0.318. The molecule has 2 aromatic heterocycles. The van der Waals surface area contributed by atoms with E-state index in [-0.39, 0.29) is 16.1 Å². The first kappa shape index (κ1) is 23.0. The first-order valence-electron chi connectivity index (χ1n) is 10.3. The fourth-order valence-corrected chi connectivity index (χ4v) is 6.67. The number of hydrogen-bond acceptors (Lipinski definition) is 6. The minimum atomic E-state index is -3.92. The molecule has 0 bridgehead atoms. The average molecular weight is 495 g/mol. The Balaban J connectivity index is 1.41. The van der Waals surface area contributed by atoms with Gasteiger partial charge in [0, 0.05) is 32.7 Å². The lowest BCUT2D eigenvalue weighted by Gasteiger charge is -2.37. The lowest BCUT2D eigenvalue weighted by atomic mass is 10.0. The molecule has 0 unspecified atom stereocenters. The van der Waals surface area contributed by atoms with Gasteiger partial charge in [-0.05, 0) is 36.6 Å². The van der Waals surface area contributed by atoms with Crippen LogP contribution in [0, 0.1) is 5.95 Å². The first-order valence-corrected chi connectivity index (χ1v) is 12.9. The zero-order valence-electron chi connectivity index (χ0n) is 17.5. The Kier molecular flexibility index (Phi) is 6.99. The number of pyridine rings is 1. The summed E-state index contributed by atoms with van der Waals surface area (Å²) in [5, 5.41) is 0. The summed E-state index contributed by atoms with van der Waals surface area (Å²) >= 11 is 7.41. The molecule has 0 aliphatic carbocycles. The summed E-state index contributed by atoms with van der Waals surface area (Å²) in [6.45, 7) is 2.85. The summed E-state index contributed by atoms with van der Waals surface area (Å²) in [6.07, 6.45) is 1.92. The minimum Gasteiger partial charge on any atom is -0.370 e. The van der Waals surface area contributed by atoms with Crippen LogP contribution in [0.5, 0.6) is 0 Å². The van der Waals surface area contributed by atoms with Gasteiger partial charge in [0.1, 0.15) is 14.4 Å². The monoisotopic (exact) mass is 494 g/mol. The summed E-state index contributed by atoms with van der Waals surface area (Å²) in [7, 11) is -1.97. The molecule has 1 N–H and O–H groups in total. The van der Waals surface area contributed by atoms with E-state index < -0.39 is 16.0 Å². The number of likely N-dealkylation sites (tertiary alicyclic amines) is 1. The highest BCUT2D eigenvalue weighted by Crippen LogP contribution is 2.39. The largest absolute Gasteiger partial charge is 0.370 e. The van der Waals surface area contributed by atoms with Crippen molar-refractivity contribution < 1.29 is 12.8 Å². The second-order valence-corrected chi connectivity index (χ2v) is 11.3. The highest BCUT2D eigenvalue weighted by atomic mass is 35.5. The van der Waals surface area contributed by atoms with Crippen LogP contribution in [0.3, 0.4) is 0 Å². The van der Waals surface area contributed by atoms with E-state index in [0.29, 0.717) is 10.0 Å². The molecule has 1 aliphatic rings. The number of aromatic nitrogens is 1. The molecular weight excluding hydrogens is 471 g/mol. The van der Waals surface area contributed by atoms with Crippen LogP contribution in [-0.2, 0) is 16.6 Å². The minimum absolute atomic E-state index is 0.0666. The van der Waals surface area contributed by atoms with Gasteiger partial charge in [0.05, 0.1) is 5.69 Å². The van der Waals surface area contributed by atoms with E-state index >= 15 is 0 Å². The predicted octanol–water partition coefficient (Wildman–Crippen LogP) is 4.84. The number of hydrogen-bond donors (Lipinski definition) is 1. The molecule has 1 fully saturated rings. The molecule has 3 heterocycles. The van der Waals surface area contributed by atoms with E-state index in [9.17, 15) is 12.8 Å². The molecule has 10 heteroatoms. The normalized spacial score (nSPS) is 15.6. The molecule has 0 amide bonds. The molecule has 3 aromatic rings. The third kappa shape index (κ3) is 5.40. The number of nitrogens with zero attached hydrogens (tertiary/aromatic N) is 3. The molecule has 0 radical (unpaired) electrons. The SMILES string of the molecule is CN(c1cc(S(=O)(=O)Nc2cccc(F)n2)sc1Cl)C1CCN(Cc2ccccc2)CC1. The van der Waals surface area contributed by atoms with Crippen molar-refractivity contribution in [2.75, 3.05) is 29.8 Å². The molecule has 4 rings (SSSR count). The fourth-order valence-electron chi connectivity index (χ4n) is 3.87. The standard InChI is InChI=1S/C22H24ClFN4O2S2/c1-27(17-10-12-28(13-11-17)15-16-6-3-2-4-7-16)18-14-21(31-22(18)23)32(29,30)26-20-9-5-8-19(24)25-20/h2-9,14,17H,10-13,15H2,1H3,(H,25,26). The maximum absolute atomic E-state index is 13.3. The van der Waals surface area contributed by atoms with E-state index in [4.69, 9.17) is 11.6 Å². The molecular formula is C22H24ClFN4O2S2. The number of rotatable bonds is 7. The first-order chi connectivity index (χ1) is 15.3. The zero-order chi connectivity index (χ0) is 22.7. The highest BCUT2D eigenvalue weighted by molar-refractivity contribution is 7.94. The Hall–Kier alpha value is -2.20. The van der Waals surface area contributed by atoms with Gasteiger partial charge in [-0.3, -0.25) is 9.62 Å². The summed E-state index contributed by atoms with van der Waals surface area (Å²) < 4.78 is 41.6. The number of nitrogens with one attached hydrogen (secondary N) is 1. The van der Waals surface area contributed by atoms with Gasteiger partial charge in [0.2, 0.25) is 5.95 Å². The van der Waals surface area contributed by atoms with Crippen LogP contribution >= 0.6 is 22.9 Å². The van der Waals surface area contributed by atoms with Crippen LogP contribution in [0.2, 0.25) is 4.34 Å². The molecule has 0 saturated carbocycles. The molecule has 6 nitrogen and oxygen atoms in total. The van der Waals surface area contributed by atoms with Crippen molar-refractivity contribution in [1.82, 2.24) is 9.88 Å². The van der Waals surface area contributed by atoms with Gasteiger partial charge in [-0.2, -0.15) is 4.39 Å². The van der Waals surface area contributed by atoms with Crippen molar-refractivity contribution in [3.05, 3.63) is 70.4 Å². The third-order valence-electron chi connectivity index (χ3n) is 5.60. The maximum atomic E-state index is 13.3. The number of piperidine rings is 1. The van der Waals surface area contributed by atoms with Crippen LogP contribution in [0.15, 0.2) is 58.8 Å². The second-order valence-electron chi connectivity index (χ2n) is 7.78. The van der Waals surface area contributed by atoms with Crippen molar-refractivity contribution >= 4 is 44.5 Å². The van der Waals surface area contributed by atoms with Gasteiger partial charge in [-0.15, -0.1) is 11.3 Å². The Labute approximate surface area is 196 Å². The number of halogens is 2. The van der Waals surface area contributed by atoms with Gasteiger partial charge in [-0.25, -0.2) is 13.4 Å². The van der Waals surface area contributed by atoms with Crippen molar-refractivity contribution in [1.29, 1.82) is 0 Å².